The molecule has 156 valence electrons. The number of ketones is 3. The monoisotopic (exact) mass is 426 g/mol. The van der Waals surface area contributed by atoms with E-state index in [1.807, 2.05) is 30.3 Å². The third-order valence-corrected chi connectivity index (χ3v) is 7.15. The largest absolute Gasteiger partial charge is 0.298 e. The molecular formula is C22H22N2O5S. The van der Waals surface area contributed by atoms with Crippen molar-refractivity contribution in [2.24, 2.45) is 5.92 Å². The molecule has 0 atom stereocenters. The van der Waals surface area contributed by atoms with Gasteiger partial charge >= 0.3 is 0 Å². The van der Waals surface area contributed by atoms with Crippen LogP contribution in [0.5, 0.6) is 0 Å². The first kappa shape index (κ1) is 20.5. The summed E-state index contributed by atoms with van der Waals surface area (Å²) in [6.45, 7) is 0. The van der Waals surface area contributed by atoms with Gasteiger partial charge in [-0.1, -0.05) is 30.3 Å². The van der Waals surface area contributed by atoms with Crippen LogP contribution in [0.15, 0.2) is 41.3 Å². The molecule has 7 nitrogen and oxygen atoms in total. The van der Waals surface area contributed by atoms with Crippen molar-refractivity contribution in [3.05, 3.63) is 52.4 Å². The van der Waals surface area contributed by atoms with Gasteiger partial charge in [-0.25, -0.2) is 4.98 Å². The summed E-state index contributed by atoms with van der Waals surface area (Å²) in [6, 6.07) is 8.93. The van der Waals surface area contributed by atoms with Gasteiger partial charge < -0.3 is 0 Å². The first-order valence-electron chi connectivity index (χ1n) is 10.1. The summed E-state index contributed by atoms with van der Waals surface area (Å²) in [4.78, 5) is 55.4. The van der Waals surface area contributed by atoms with Crippen molar-refractivity contribution in [3.63, 3.8) is 0 Å². The Morgan fingerprint density at radius 1 is 1.00 bits per heavy atom. The summed E-state index contributed by atoms with van der Waals surface area (Å²) >= 11 is 0. The molecule has 1 aromatic heterocycles. The van der Waals surface area contributed by atoms with Crippen molar-refractivity contribution in [2.75, 3.05) is 11.5 Å². The van der Waals surface area contributed by atoms with E-state index >= 15 is 0 Å². The highest BCUT2D eigenvalue weighted by Gasteiger charge is 2.38. The Hall–Kier alpha value is -2.74. The van der Waals surface area contributed by atoms with Gasteiger partial charge in [-0.3, -0.25) is 28.0 Å². The highest BCUT2D eigenvalue weighted by Crippen LogP contribution is 2.27. The number of hydrogen-bond acceptors (Lipinski definition) is 6. The molecule has 4 rings (SSSR count). The second-order valence-electron chi connectivity index (χ2n) is 7.70. The van der Waals surface area contributed by atoms with Crippen molar-refractivity contribution in [2.45, 2.75) is 38.1 Å². The zero-order valence-corrected chi connectivity index (χ0v) is 17.2. The third-order valence-electron chi connectivity index (χ3n) is 5.77. The fraction of sp³-hybridized carbons (Fsp3) is 0.409. The molecule has 1 aromatic carbocycles. The molecule has 8 heteroatoms. The van der Waals surface area contributed by atoms with Gasteiger partial charge in [0.05, 0.1) is 0 Å². The average molecular weight is 426 g/mol. The smallest absolute Gasteiger partial charge is 0.264 e. The standard InChI is InChI=1S/C22H22N2O5S/c25-17-7-4-8-18(26)19(17)20(27)16-13-23-21(14-5-2-1-3-6-14)24(22(16)28)15-9-11-30(29)12-10-15/h1-3,5-6,13,15,19H,4,7-12H2. The van der Waals surface area contributed by atoms with Crippen LogP contribution in [-0.4, -0.2) is 42.6 Å². The van der Waals surface area contributed by atoms with E-state index in [-0.39, 0.29) is 24.4 Å². The van der Waals surface area contributed by atoms with E-state index in [9.17, 15) is 23.4 Å². The zero-order chi connectivity index (χ0) is 21.3. The van der Waals surface area contributed by atoms with Crippen LogP contribution in [-0.2, 0) is 20.4 Å². The van der Waals surface area contributed by atoms with E-state index < -0.39 is 39.6 Å². The Morgan fingerprint density at radius 3 is 2.27 bits per heavy atom. The van der Waals surface area contributed by atoms with Gasteiger partial charge in [0.2, 0.25) is 0 Å². The first-order valence-corrected chi connectivity index (χ1v) is 11.6. The Morgan fingerprint density at radius 2 is 1.63 bits per heavy atom. The molecule has 0 radical (unpaired) electrons. The molecule has 0 N–H and O–H groups in total. The molecule has 0 bridgehead atoms. The summed E-state index contributed by atoms with van der Waals surface area (Å²) in [5, 5.41) is 0. The number of benzene rings is 1. The van der Waals surface area contributed by atoms with Crippen molar-refractivity contribution in [3.8, 4) is 11.4 Å². The molecule has 1 saturated carbocycles. The molecular weight excluding hydrogens is 404 g/mol. The second-order valence-corrected chi connectivity index (χ2v) is 9.40. The van der Waals surface area contributed by atoms with Gasteiger partial charge in [0, 0.05) is 52.9 Å². The van der Waals surface area contributed by atoms with E-state index in [0.29, 0.717) is 36.6 Å². The maximum absolute atomic E-state index is 13.4. The lowest BCUT2D eigenvalue weighted by Crippen LogP contribution is -2.40. The van der Waals surface area contributed by atoms with E-state index in [2.05, 4.69) is 4.98 Å². The van der Waals surface area contributed by atoms with Gasteiger partial charge in [0.1, 0.15) is 17.3 Å². The Bertz CT molecular complexity index is 1070. The molecule has 1 aliphatic carbocycles. The summed E-state index contributed by atoms with van der Waals surface area (Å²) in [7, 11) is -0.912. The van der Waals surface area contributed by atoms with E-state index in [0.717, 1.165) is 5.56 Å². The molecule has 2 heterocycles. The van der Waals surface area contributed by atoms with Crippen LogP contribution in [0.4, 0.5) is 0 Å². The van der Waals surface area contributed by atoms with Crippen LogP contribution in [0.25, 0.3) is 11.4 Å². The Labute approximate surface area is 176 Å². The average Bonchev–Trinajstić information content (AvgIpc) is 2.74. The lowest BCUT2D eigenvalue weighted by Gasteiger charge is -2.26. The normalized spacial score (nSPS) is 22.8. The quantitative estimate of drug-likeness (QED) is 0.548. The molecule has 0 spiro atoms. The molecule has 1 saturated heterocycles. The summed E-state index contributed by atoms with van der Waals surface area (Å²) in [5.74, 6) is -1.63. The molecule has 0 unspecified atom stereocenters. The third kappa shape index (κ3) is 3.84. The second kappa shape index (κ2) is 8.55. The van der Waals surface area contributed by atoms with Gasteiger partial charge in [0.15, 0.2) is 17.3 Å². The minimum Gasteiger partial charge on any atom is -0.298 e. The van der Waals surface area contributed by atoms with E-state index in [1.54, 1.807) is 0 Å². The number of carbonyl (C=O) groups excluding carboxylic acids is 3. The number of carbonyl (C=O) groups is 3. The lowest BCUT2D eigenvalue weighted by atomic mass is 9.82. The Balaban J connectivity index is 1.82. The topological polar surface area (TPSA) is 103 Å². The van der Waals surface area contributed by atoms with Crippen molar-refractivity contribution in [1.29, 1.82) is 0 Å². The minimum atomic E-state index is -1.40. The highest BCUT2D eigenvalue weighted by molar-refractivity contribution is 7.85. The first-order chi connectivity index (χ1) is 14.5. The van der Waals surface area contributed by atoms with Crippen LogP contribution in [0, 0.1) is 5.92 Å². The van der Waals surface area contributed by atoms with Crippen LogP contribution < -0.4 is 5.56 Å². The van der Waals surface area contributed by atoms with Crippen molar-refractivity contribution >= 4 is 28.1 Å². The zero-order valence-electron chi connectivity index (χ0n) is 16.4. The molecule has 2 aromatic rings. The molecule has 2 fully saturated rings. The predicted molar refractivity (Wildman–Crippen MR) is 112 cm³/mol. The maximum atomic E-state index is 13.4. The van der Waals surface area contributed by atoms with Gasteiger partial charge in [0.25, 0.3) is 5.56 Å². The van der Waals surface area contributed by atoms with Gasteiger partial charge in [-0.15, -0.1) is 0 Å². The van der Waals surface area contributed by atoms with Crippen molar-refractivity contribution < 1.29 is 18.6 Å². The van der Waals surface area contributed by atoms with Gasteiger partial charge in [-0.2, -0.15) is 0 Å². The molecule has 0 amide bonds. The van der Waals surface area contributed by atoms with Crippen LogP contribution >= 0.6 is 0 Å². The number of nitrogens with zero attached hydrogens (tertiary/aromatic N) is 2. The summed E-state index contributed by atoms with van der Waals surface area (Å²) in [6.07, 6.45) is 3.04. The SMILES string of the molecule is O=C1CCCC(=O)C1C(=O)c1cnc(-c2ccccc2)n(C2CCS(=O)CC2)c1=O. The predicted octanol–water partition coefficient (Wildman–Crippen LogP) is 2.11. The molecule has 2 aliphatic rings. The fourth-order valence-corrected chi connectivity index (χ4v) is 5.44. The summed E-state index contributed by atoms with van der Waals surface area (Å²) < 4.78 is 13.3. The maximum Gasteiger partial charge on any atom is 0.264 e. The minimum absolute atomic E-state index is 0.167. The van der Waals surface area contributed by atoms with E-state index in [1.165, 1.54) is 10.8 Å². The van der Waals surface area contributed by atoms with Gasteiger partial charge in [-0.05, 0) is 19.3 Å². The van der Waals surface area contributed by atoms with Crippen LogP contribution in [0.1, 0.15) is 48.5 Å². The van der Waals surface area contributed by atoms with Crippen LogP contribution in [0.3, 0.4) is 0 Å². The number of rotatable bonds is 4. The number of Topliss-reactive ketones (excluding diaryl/α,β-unsaturated/α-hetero) is 3. The number of hydrogen-bond donors (Lipinski definition) is 0. The number of aromatic nitrogens is 2. The van der Waals surface area contributed by atoms with Crippen LogP contribution in [0.2, 0.25) is 0 Å². The summed E-state index contributed by atoms with van der Waals surface area (Å²) in [5.41, 5.74) is -0.0437. The molecule has 1 aliphatic heterocycles. The highest BCUT2D eigenvalue weighted by atomic mass is 32.2. The lowest BCUT2D eigenvalue weighted by molar-refractivity contribution is -0.133. The van der Waals surface area contributed by atoms with E-state index in [4.69, 9.17) is 0 Å². The molecule has 30 heavy (non-hydrogen) atoms. The van der Waals surface area contributed by atoms with Crippen molar-refractivity contribution in [1.82, 2.24) is 9.55 Å². The fourth-order valence-electron chi connectivity index (χ4n) is 4.17. The Kier molecular flexibility index (Phi) is 5.85.